The van der Waals surface area contributed by atoms with Crippen LogP contribution in [0.25, 0.3) is 0 Å². The van der Waals surface area contributed by atoms with Crippen LogP contribution >= 0.6 is 0 Å². The summed E-state index contributed by atoms with van der Waals surface area (Å²) in [6.07, 6.45) is 1.67. The third kappa shape index (κ3) is 1.77. The number of rotatable bonds is 2. The number of nitrogens with one attached hydrogen (secondary N) is 1. The number of aliphatic hydroxyl groups is 1. The molecule has 2 aliphatic heterocycles. The van der Waals surface area contributed by atoms with Crippen LogP contribution in [0.4, 0.5) is 5.82 Å². The third-order valence-electron chi connectivity index (χ3n) is 2.97. The van der Waals surface area contributed by atoms with Crippen LogP contribution in [0.15, 0.2) is 24.4 Å². The Balaban J connectivity index is 1.63. The molecule has 3 rings (SSSR count). The van der Waals surface area contributed by atoms with Crippen molar-refractivity contribution in [3.8, 4) is 0 Å². The lowest BCUT2D eigenvalue weighted by atomic mass is 10.1. The van der Waals surface area contributed by atoms with Crippen LogP contribution in [0.1, 0.15) is 6.42 Å². The van der Waals surface area contributed by atoms with E-state index in [4.69, 9.17) is 9.47 Å². The Kier molecular flexibility index (Phi) is 2.51. The Hall–Kier alpha value is -1.17. The van der Waals surface area contributed by atoms with Gasteiger partial charge in [-0.15, -0.1) is 0 Å². The van der Waals surface area contributed by atoms with Crippen LogP contribution in [0, 0.1) is 0 Å². The average molecular weight is 222 g/mol. The molecule has 2 saturated heterocycles. The van der Waals surface area contributed by atoms with Crippen LogP contribution in [0.3, 0.4) is 0 Å². The Morgan fingerprint density at radius 3 is 3.12 bits per heavy atom. The number of ether oxygens (including phenoxy) is 2. The molecule has 2 fully saturated rings. The lowest BCUT2D eigenvalue weighted by molar-refractivity contribution is -0.00959. The molecule has 2 aliphatic rings. The first-order valence-electron chi connectivity index (χ1n) is 5.45. The number of fused-ring (bicyclic) bond motifs is 1. The first kappa shape index (κ1) is 10.0. The second kappa shape index (κ2) is 4.01. The highest BCUT2D eigenvalue weighted by atomic mass is 16.6. The maximum absolute atomic E-state index is 9.59. The van der Waals surface area contributed by atoms with Crippen LogP contribution in [0.5, 0.6) is 0 Å². The number of pyridine rings is 1. The largest absolute Gasteiger partial charge is 0.388 e. The molecule has 0 amide bonds. The zero-order valence-corrected chi connectivity index (χ0v) is 8.74. The molecule has 4 atom stereocenters. The molecule has 0 aromatic carbocycles. The average Bonchev–Trinajstić information content (AvgIpc) is 2.83. The van der Waals surface area contributed by atoms with Gasteiger partial charge in [-0.1, -0.05) is 6.07 Å². The fraction of sp³-hybridized carbons (Fsp3) is 0.545. The molecular weight excluding hydrogens is 208 g/mol. The van der Waals surface area contributed by atoms with Crippen molar-refractivity contribution < 1.29 is 14.6 Å². The Morgan fingerprint density at radius 2 is 2.38 bits per heavy atom. The van der Waals surface area contributed by atoms with E-state index in [1.807, 2.05) is 18.2 Å². The highest BCUT2D eigenvalue weighted by Gasteiger charge is 2.45. The van der Waals surface area contributed by atoms with Gasteiger partial charge in [0.25, 0.3) is 0 Å². The smallest absolute Gasteiger partial charge is 0.132 e. The van der Waals surface area contributed by atoms with E-state index in [1.54, 1.807) is 6.20 Å². The summed E-state index contributed by atoms with van der Waals surface area (Å²) in [5.41, 5.74) is 0. The Bertz CT molecular complexity index is 360. The van der Waals surface area contributed by atoms with Crippen molar-refractivity contribution in [2.24, 2.45) is 0 Å². The van der Waals surface area contributed by atoms with E-state index in [0.717, 1.165) is 12.2 Å². The second-order valence-corrected chi connectivity index (χ2v) is 4.12. The normalized spacial score (nSPS) is 37.3. The Morgan fingerprint density at radius 1 is 1.44 bits per heavy atom. The van der Waals surface area contributed by atoms with E-state index < -0.39 is 6.10 Å². The molecule has 1 aromatic rings. The van der Waals surface area contributed by atoms with Crippen molar-refractivity contribution in [2.75, 3.05) is 11.9 Å². The van der Waals surface area contributed by atoms with E-state index in [0.29, 0.717) is 6.61 Å². The summed E-state index contributed by atoms with van der Waals surface area (Å²) in [7, 11) is 0. The molecule has 0 bridgehead atoms. The van der Waals surface area contributed by atoms with E-state index in [1.165, 1.54) is 0 Å². The number of hydrogen-bond donors (Lipinski definition) is 2. The van der Waals surface area contributed by atoms with E-state index >= 15 is 0 Å². The summed E-state index contributed by atoms with van der Waals surface area (Å²) in [5.74, 6) is 0.780. The standard InChI is InChI=1S/C11H14N2O3/c14-7-6-15-8-5-10(16-11(7)8)13-9-3-1-2-4-12-9/h1-4,7-8,10-11,14H,5-6H2,(H,12,13)/t7-,8-,10-,11+/m0/s1. The van der Waals surface area contributed by atoms with Crippen molar-refractivity contribution in [3.63, 3.8) is 0 Å². The zero-order chi connectivity index (χ0) is 11.0. The van der Waals surface area contributed by atoms with Crippen LogP contribution in [0.2, 0.25) is 0 Å². The quantitative estimate of drug-likeness (QED) is 0.757. The summed E-state index contributed by atoms with van der Waals surface area (Å²) >= 11 is 0. The molecule has 5 heteroatoms. The summed E-state index contributed by atoms with van der Waals surface area (Å²) < 4.78 is 11.1. The van der Waals surface area contributed by atoms with E-state index in [9.17, 15) is 5.11 Å². The molecule has 5 nitrogen and oxygen atoms in total. The van der Waals surface area contributed by atoms with Crippen molar-refractivity contribution >= 4 is 5.82 Å². The molecule has 16 heavy (non-hydrogen) atoms. The molecule has 3 heterocycles. The molecule has 0 radical (unpaired) electrons. The number of aliphatic hydroxyl groups excluding tert-OH is 1. The maximum Gasteiger partial charge on any atom is 0.132 e. The maximum atomic E-state index is 9.59. The first-order valence-corrected chi connectivity index (χ1v) is 5.45. The van der Waals surface area contributed by atoms with Crippen LogP contribution in [-0.4, -0.2) is 41.2 Å². The van der Waals surface area contributed by atoms with Gasteiger partial charge in [-0.3, -0.25) is 0 Å². The number of aromatic nitrogens is 1. The van der Waals surface area contributed by atoms with Gasteiger partial charge in [0.2, 0.25) is 0 Å². The molecule has 1 aromatic heterocycles. The first-order chi connectivity index (χ1) is 7.83. The van der Waals surface area contributed by atoms with Gasteiger partial charge in [0.1, 0.15) is 24.3 Å². The minimum absolute atomic E-state index is 0.0104. The summed E-state index contributed by atoms with van der Waals surface area (Å²) in [4.78, 5) is 4.16. The van der Waals surface area contributed by atoms with Gasteiger partial charge >= 0.3 is 0 Å². The van der Waals surface area contributed by atoms with Gasteiger partial charge in [0.15, 0.2) is 0 Å². The summed E-state index contributed by atoms with van der Waals surface area (Å²) in [6, 6.07) is 5.66. The van der Waals surface area contributed by atoms with Gasteiger partial charge in [-0.2, -0.15) is 0 Å². The third-order valence-corrected chi connectivity index (χ3v) is 2.97. The minimum atomic E-state index is -0.500. The molecule has 0 unspecified atom stereocenters. The minimum Gasteiger partial charge on any atom is -0.388 e. The molecule has 86 valence electrons. The fourth-order valence-corrected chi connectivity index (χ4v) is 2.20. The SMILES string of the molecule is O[C@H]1CO[C@H]2C[C@@H](Nc3ccccn3)O[C@@H]21. The van der Waals surface area contributed by atoms with Crippen molar-refractivity contribution in [2.45, 2.75) is 31.0 Å². The number of nitrogens with zero attached hydrogens (tertiary/aromatic N) is 1. The van der Waals surface area contributed by atoms with Crippen LogP contribution in [-0.2, 0) is 9.47 Å². The molecule has 0 aliphatic carbocycles. The molecule has 2 N–H and O–H groups in total. The van der Waals surface area contributed by atoms with Crippen LogP contribution < -0.4 is 5.32 Å². The number of anilines is 1. The van der Waals surface area contributed by atoms with Crippen molar-refractivity contribution in [1.82, 2.24) is 4.98 Å². The molecule has 0 saturated carbocycles. The second-order valence-electron chi connectivity index (χ2n) is 4.12. The van der Waals surface area contributed by atoms with Crippen molar-refractivity contribution in [1.29, 1.82) is 0 Å². The van der Waals surface area contributed by atoms with Crippen molar-refractivity contribution in [3.05, 3.63) is 24.4 Å². The van der Waals surface area contributed by atoms with Gasteiger partial charge in [-0.05, 0) is 12.1 Å². The molecular formula is C11H14N2O3. The van der Waals surface area contributed by atoms with E-state index in [2.05, 4.69) is 10.3 Å². The number of hydrogen-bond acceptors (Lipinski definition) is 5. The van der Waals surface area contributed by atoms with Gasteiger partial charge < -0.3 is 19.9 Å². The summed E-state index contributed by atoms with van der Waals surface area (Å²) in [6.45, 7) is 0.381. The highest BCUT2D eigenvalue weighted by Crippen LogP contribution is 2.30. The van der Waals surface area contributed by atoms with Gasteiger partial charge in [0.05, 0.1) is 12.7 Å². The summed E-state index contributed by atoms with van der Waals surface area (Å²) in [5, 5.41) is 12.8. The fourth-order valence-electron chi connectivity index (χ4n) is 2.20. The highest BCUT2D eigenvalue weighted by molar-refractivity contribution is 5.34. The van der Waals surface area contributed by atoms with Gasteiger partial charge in [-0.25, -0.2) is 4.98 Å². The predicted octanol–water partition coefficient (Wildman–Crippen LogP) is 0.368. The lowest BCUT2D eigenvalue weighted by Gasteiger charge is -2.16. The van der Waals surface area contributed by atoms with Gasteiger partial charge in [0, 0.05) is 12.6 Å². The lowest BCUT2D eigenvalue weighted by Crippen LogP contribution is -2.29. The topological polar surface area (TPSA) is 63.6 Å². The van der Waals surface area contributed by atoms with E-state index in [-0.39, 0.29) is 18.4 Å². The predicted molar refractivity (Wildman–Crippen MR) is 56.9 cm³/mol. The molecule has 0 spiro atoms. The monoisotopic (exact) mass is 222 g/mol. The zero-order valence-electron chi connectivity index (χ0n) is 8.74. The Labute approximate surface area is 93.4 Å².